The summed E-state index contributed by atoms with van der Waals surface area (Å²) >= 11 is 0. The summed E-state index contributed by atoms with van der Waals surface area (Å²) in [7, 11) is 1.40. The van der Waals surface area contributed by atoms with Crippen molar-refractivity contribution in [2.75, 3.05) is 20.2 Å². The molecule has 1 aliphatic heterocycles. The van der Waals surface area contributed by atoms with Crippen LogP contribution < -0.4 is 4.74 Å². The number of ether oxygens (including phenoxy) is 2. The molecule has 1 atom stereocenters. The largest absolute Gasteiger partial charge is 0.489 e. The van der Waals surface area contributed by atoms with Gasteiger partial charge in [0.05, 0.1) is 12.7 Å². The predicted octanol–water partition coefficient (Wildman–Crippen LogP) is 3.64. The van der Waals surface area contributed by atoms with Gasteiger partial charge in [-0.15, -0.1) is 0 Å². The molecule has 3 rings (SSSR count). The van der Waals surface area contributed by atoms with Crippen molar-refractivity contribution < 1.29 is 27.4 Å². The zero-order chi connectivity index (χ0) is 18.1. The molecule has 0 radical (unpaired) electrons. The van der Waals surface area contributed by atoms with E-state index >= 15 is 0 Å². The summed E-state index contributed by atoms with van der Waals surface area (Å²) in [6.07, 6.45) is -0.471. The van der Waals surface area contributed by atoms with Crippen molar-refractivity contribution in [3.63, 3.8) is 0 Å². The third kappa shape index (κ3) is 3.61. The van der Waals surface area contributed by atoms with Crippen molar-refractivity contribution in [3.05, 3.63) is 29.8 Å². The van der Waals surface area contributed by atoms with Crippen LogP contribution in [0.3, 0.4) is 0 Å². The van der Waals surface area contributed by atoms with E-state index < -0.39 is 17.3 Å². The number of hydrogen-bond acceptors (Lipinski definition) is 4. The average Bonchev–Trinajstić information content (AvgIpc) is 3.23. The molecule has 0 N–H and O–H groups in total. The summed E-state index contributed by atoms with van der Waals surface area (Å²) in [6, 6.07) is 4.92. The zero-order valence-corrected chi connectivity index (χ0v) is 14.1. The lowest BCUT2D eigenvalue weighted by molar-refractivity contribution is -0.154. The molecule has 4 nitrogen and oxygen atoms in total. The lowest BCUT2D eigenvalue weighted by Crippen LogP contribution is -2.52. The van der Waals surface area contributed by atoms with Gasteiger partial charge in [-0.2, -0.15) is 13.2 Å². The first-order valence-electron chi connectivity index (χ1n) is 8.52. The van der Waals surface area contributed by atoms with E-state index in [0.717, 1.165) is 37.8 Å². The van der Waals surface area contributed by atoms with Gasteiger partial charge in [0.15, 0.2) is 0 Å². The minimum Gasteiger partial charge on any atom is -0.489 e. The highest BCUT2D eigenvalue weighted by atomic mass is 19.4. The molecule has 1 saturated carbocycles. The molecule has 7 heteroatoms. The fraction of sp³-hybridized carbons (Fsp3) is 0.611. The van der Waals surface area contributed by atoms with Crippen molar-refractivity contribution in [1.82, 2.24) is 4.90 Å². The number of carbonyl (C=O) groups excluding carboxylic acids is 1. The minimum absolute atomic E-state index is 0.209. The van der Waals surface area contributed by atoms with Gasteiger partial charge in [-0.3, -0.25) is 9.69 Å². The second-order valence-electron chi connectivity index (χ2n) is 6.73. The number of halogens is 3. The molecule has 2 fully saturated rings. The standard InChI is InChI=1S/C18H22F3NO3/c1-24-16(23)17(8-2-3-9-17)22-10-7-15(12-22)25-14-6-4-5-13(11-14)18(19,20)21/h4-6,11,15H,2-3,7-10,12H2,1H3/t15-/m1/s1. The van der Waals surface area contributed by atoms with Gasteiger partial charge in [0.1, 0.15) is 17.4 Å². The molecule has 25 heavy (non-hydrogen) atoms. The van der Waals surface area contributed by atoms with E-state index in [9.17, 15) is 18.0 Å². The molecule has 0 spiro atoms. The van der Waals surface area contributed by atoms with E-state index in [1.54, 1.807) is 0 Å². The number of carbonyl (C=O) groups is 1. The van der Waals surface area contributed by atoms with Gasteiger partial charge in [-0.1, -0.05) is 18.9 Å². The maximum absolute atomic E-state index is 12.8. The Morgan fingerprint density at radius 1 is 1.28 bits per heavy atom. The lowest BCUT2D eigenvalue weighted by atomic mass is 9.95. The molecular weight excluding hydrogens is 335 g/mol. The number of alkyl halides is 3. The summed E-state index contributed by atoms with van der Waals surface area (Å²) < 4.78 is 49.2. The van der Waals surface area contributed by atoms with Gasteiger partial charge in [0, 0.05) is 13.1 Å². The zero-order valence-electron chi connectivity index (χ0n) is 14.1. The third-order valence-electron chi connectivity index (χ3n) is 5.21. The Labute approximate surface area is 144 Å². The fourth-order valence-electron chi connectivity index (χ4n) is 3.95. The van der Waals surface area contributed by atoms with Crippen molar-refractivity contribution in [3.8, 4) is 5.75 Å². The van der Waals surface area contributed by atoms with E-state index in [1.165, 1.54) is 19.2 Å². The number of esters is 1. The van der Waals surface area contributed by atoms with Crippen LogP contribution in [0, 0.1) is 0 Å². The highest BCUT2D eigenvalue weighted by Gasteiger charge is 2.49. The number of methoxy groups -OCH3 is 1. The lowest BCUT2D eigenvalue weighted by Gasteiger charge is -2.35. The Balaban J connectivity index is 1.68. The van der Waals surface area contributed by atoms with Crippen molar-refractivity contribution in [1.29, 1.82) is 0 Å². The molecule has 0 unspecified atom stereocenters. The van der Waals surface area contributed by atoms with Gasteiger partial charge < -0.3 is 9.47 Å². The third-order valence-corrected chi connectivity index (χ3v) is 5.21. The van der Waals surface area contributed by atoms with Crippen LogP contribution in [0.5, 0.6) is 5.75 Å². The molecule has 1 aromatic carbocycles. The van der Waals surface area contributed by atoms with Gasteiger partial charge in [0.25, 0.3) is 0 Å². The average molecular weight is 357 g/mol. The Morgan fingerprint density at radius 2 is 2.00 bits per heavy atom. The summed E-state index contributed by atoms with van der Waals surface area (Å²) in [4.78, 5) is 14.4. The first-order chi connectivity index (χ1) is 11.8. The second-order valence-corrected chi connectivity index (χ2v) is 6.73. The molecular formula is C18H22F3NO3. The van der Waals surface area contributed by atoms with Gasteiger partial charge in [-0.05, 0) is 37.5 Å². The maximum atomic E-state index is 12.8. The number of likely N-dealkylation sites (tertiary alicyclic amines) is 1. The monoisotopic (exact) mass is 357 g/mol. The number of benzene rings is 1. The minimum atomic E-state index is -4.39. The van der Waals surface area contributed by atoms with E-state index in [4.69, 9.17) is 9.47 Å². The van der Waals surface area contributed by atoms with Gasteiger partial charge in [0.2, 0.25) is 0 Å². The van der Waals surface area contributed by atoms with Crippen molar-refractivity contribution in [2.45, 2.75) is 49.9 Å². The van der Waals surface area contributed by atoms with E-state index in [1.807, 2.05) is 0 Å². The number of hydrogen-bond donors (Lipinski definition) is 0. The molecule has 1 aromatic rings. The Bertz CT molecular complexity index is 626. The van der Waals surface area contributed by atoms with Crippen LogP contribution in [0.1, 0.15) is 37.7 Å². The van der Waals surface area contributed by atoms with Crippen LogP contribution in [0.2, 0.25) is 0 Å². The topological polar surface area (TPSA) is 38.8 Å². The number of nitrogens with zero attached hydrogens (tertiary/aromatic N) is 1. The first kappa shape index (κ1) is 18.0. The van der Waals surface area contributed by atoms with Crippen LogP contribution in [-0.4, -0.2) is 42.7 Å². The normalized spacial score (nSPS) is 23.6. The molecule has 2 aliphatic rings. The summed E-state index contributed by atoms with van der Waals surface area (Å²) in [5.41, 5.74) is -1.32. The Morgan fingerprint density at radius 3 is 2.64 bits per heavy atom. The Hall–Kier alpha value is -1.76. The molecule has 1 aliphatic carbocycles. The summed E-state index contributed by atoms with van der Waals surface area (Å²) in [5.74, 6) is -0.00932. The fourth-order valence-corrected chi connectivity index (χ4v) is 3.95. The smallest absolute Gasteiger partial charge is 0.416 e. The van der Waals surface area contributed by atoms with Gasteiger partial charge in [-0.25, -0.2) is 0 Å². The molecule has 138 valence electrons. The number of rotatable bonds is 4. The molecule has 0 amide bonds. The van der Waals surface area contributed by atoms with E-state index in [-0.39, 0.29) is 17.8 Å². The highest BCUT2D eigenvalue weighted by molar-refractivity contribution is 5.81. The van der Waals surface area contributed by atoms with E-state index in [2.05, 4.69) is 4.90 Å². The molecule has 1 heterocycles. The van der Waals surface area contributed by atoms with E-state index in [0.29, 0.717) is 19.5 Å². The van der Waals surface area contributed by atoms with Crippen LogP contribution in [0.25, 0.3) is 0 Å². The first-order valence-corrected chi connectivity index (χ1v) is 8.52. The SMILES string of the molecule is COC(=O)C1(N2CC[C@@H](Oc3cccc(C(F)(F)F)c3)C2)CCCC1. The van der Waals surface area contributed by atoms with Crippen molar-refractivity contribution in [2.24, 2.45) is 0 Å². The highest BCUT2D eigenvalue weighted by Crippen LogP contribution is 2.39. The molecule has 0 bridgehead atoms. The quantitative estimate of drug-likeness (QED) is 0.771. The second kappa shape index (κ2) is 6.86. The molecule has 1 saturated heterocycles. The van der Waals surface area contributed by atoms with Crippen LogP contribution in [-0.2, 0) is 15.7 Å². The Kier molecular flexibility index (Phi) is 4.95. The molecule has 0 aromatic heterocycles. The predicted molar refractivity (Wildman–Crippen MR) is 85.3 cm³/mol. The maximum Gasteiger partial charge on any atom is 0.416 e. The van der Waals surface area contributed by atoms with Crippen LogP contribution in [0.4, 0.5) is 13.2 Å². The van der Waals surface area contributed by atoms with Crippen molar-refractivity contribution >= 4 is 5.97 Å². The van der Waals surface area contributed by atoms with Crippen LogP contribution >= 0.6 is 0 Å². The summed E-state index contributed by atoms with van der Waals surface area (Å²) in [6.45, 7) is 1.20. The van der Waals surface area contributed by atoms with Crippen LogP contribution in [0.15, 0.2) is 24.3 Å². The summed E-state index contributed by atoms with van der Waals surface area (Å²) in [5, 5.41) is 0. The van der Waals surface area contributed by atoms with Gasteiger partial charge >= 0.3 is 12.1 Å².